The fourth-order valence-electron chi connectivity index (χ4n) is 2.28. The third-order valence-corrected chi connectivity index (χ3v) is 3.98. The first-order chi connectivity index (χ1) is 8.46. The topological polar surface area (TPSA) is 49.3 Å². The van der Waals surface area contributed by atoms with Crippen LogP contribution in [0.1, 0.15) is 37.0 Å². The predicted octanol–water partition coefficient (Wildman–Crippen LogP) is 3.37. The summed E-state index contributed by atoms with van der Waals surface area (Å²) in [7, 11) is 0. The zero-order valence-electron chi connectivity index (χ0n) is 10.7. The normalized spacial score (nSPS) is 16.7. The average molecular weight is 251 g/mol. The van der Waals surface area contributed by atoms with Crippen LogP contribution in [0.25, 0.3) is 0 Å². The van der Waals surface area contributed by atoms with Crippen LogP contribution in [0.15, 0.2) is 18.2 Å². The molecule has 1 aliphatic rings. The summed E-state index contributed by atoms with van der Waals surface area (Å²) < 4.78 is 13.5. The van der Waals surface area contributed by atoms with Crippen molar-refractivity contribution in [2.75, 3.05) is 11.9 Å². The zero-order valence-corrected chi connectivity index (χ0v) is 10.7. The SMILES string of the molecule is CC(C)C1(CNc2cccc(F)c2C(=O)O)CC1. The molecule has 3 nitrogen and oxygen atoms in total. The predicted molar refractivity (Wildman–Crippen MR) is 68.4 cm³/mol. The van der Waals surface area contributed by atoms with Gasteiger partial charge in [0.05, 0.1) is 5.69 Å². The van der Waals surface area contributed by atoms with Gasteiger partial charge in [-0.15, -0.1) is 0 Å². The van der Waals surface area contributed by atoms with Gasteiger partial charge in [0.15, 0.2) is 0 Å². The second-order valence-electron chi connectivity index (χ2n) is 5.34. The number of rotatable bonds is 5. The summed E-state index contributed by atoms with van der Waals surface area (Å²) in [5, 5.41) is 12.1. The lowest BCUT2D eigenvalue weighted by Gasteiger charge is -2.21. The lowest BCUT2D eigenvalue weighted by molar-refractivity contribution is 0.0693. The van der Waals surface area contributed by atoms with Crippen molar-refractivity contribution in [3.05, 3.63) is 29.6 Å². The monoisotopic (exact) mass is 251 g/mol. The maximum atomic E-state index is 13.5. The van der Waals surface area contributed by atoms with Gasteiger partial charge < -0.3 is 10.4 Å². The first-order valence-electron chi connectivity index (χ1n) is 6.22. The Balaban J connectivity index is 2.15. The third kappa shape index (κ3) is 2.33. The number of carboxylic acid groups (broad SMARTS) is 1. The largest absolute Gasteiger partial charge is 0.478 e. The zero-order chi connectivity index (χ0) is 13.3. The second-order valence-corrected chi connectivity index (χ2v) is 5.34. The first kappa shape index (κ1) is 12.9. The molecule has 1 aliphatic carbocycles. The van der Waals surface area contributed by atoms with Crippen molar-refractivity contribution >= 4 is 11.7 Å². The lowest BCUT2D eigenvalue weighted by atomic mass is 9.92. The van der Waals surface area contributed by atoms with E-state index in [9.17, 15) is 9.18 Å². The highest BCUT2D eigenvalue weighted by Gasteiger charge is 2.45. The summed E-state index contributed by atoms with van der Waals surface area (Å²) in [6.07, 6.45) is 2.30. The van der Waals surface area contributed by atoms with E-state index in [-0.39, 0.29) is 11.0 Å². The molecule has 1 saturated carbocycles. The first-order valence-corrected chi connectivity index (χ1v) is 6.22. The molecule has 0 unspecified atom stereocenters. The maximum absolute atomic E-state index is 13.5. The minimum Gasteiger partial charge on any atom is -0.478 e. The highest BCUT2D eigenvalue weighted by atomic mass is 19.1. The molecular formula is C14H18FNO2. The minimum absolute atomic E-state index is 0.252. The molecule has 0 atom stereocenters. The van der Waals surface area contributed by atoms with Crippen LogP contribution in [-0.4, -0.2) is 17.6 Å². The Labute approximate surface area is 106 Å². The Hall–Kier alpha value is -1.58. The molecule has 1 aromatic carbocycles. The number of hydrogen-bond donors (Lipinski definition) is 2. The van der Waals surface area contributed by atoms with E-state index in [1.807, 2.05) is 0 Å². The van der Waals surface area contributed by atoms with Gasteiger partial charge in [-0.05, 0) is 36.3 Å². The van der Waals surface area contributed by atoms with Crippen LogP contribution in [0.2, 0.25) is 0 Å². The van der Waals surface area contributed by atoms with Gasteiger partial charge in [0.2, 0.25) is 0 Å². The van der Waals surface area contributed by atoms with Crippen molar-refractivity contribution in [3.63, 3.8) is 0 Å². The molecule has 4 heteroatoms. The summed E-state index contributed by atoms with van der Waals surface area (Å²) in [5.41, 5.74) is 0.355. The molecule has 1 aromatic rings. The number of nitrogens with one attached hydrogen (secondary N) is 1. The van der Waals surface area contributed by atoms with Crippen LogP contribution in [0, 0.1) is 17.2 Å². The van der Waals surface area contributed by atoms with Crippen molar-refractivity contribution in [3.8, 4) is 0 Å². The Bertz CT molecular complexity index is 467. The Morgan fingerprint density at radius 2 is 2.17 bits per heavy atom. The van der Waals surface area contributed by atoms with Crippen LogP contribution in [-0.2, 0) is 0 Å². The van der Waals surface area contributed by atoms with Crippen LogP contribution in [0.3, 0.4) is 0 Å². The molecule has 0 aromatic heterocycles. The molecule has 0 radical (unpaired) electrons. The number of carbonyl (C=O) groups is 1. The molecule has 0 bridgehead atoms. The second kappa shape index (κ2) is 4.59. The van der Waals surface area contributed by atoms with E-state index in [4.69, 9.17) is 5.11 Å². The fourth-order valence-corrected chi connectivity index (χ4v) is 2.28. The number of halogens is 1. The summed E-state index contributed by atoms with van der Waals surface area (Å²) >= 11 is 0. The maximum Gasteiger partial charge on any atom is 0.340 e. The molecule has 0 amide bonds. The number of hydrogen-bond acceptors (Lipinski definition) is 2. The summed E-state index contributed by atoms with van der Waals surface area (Å²) in [4.78, 5) is 11.0. The summed E-state index contributed by atoms with van der Waals surface area (Å²) in [5.74, 6) is -1.38. The standard InChI is InChI=1S/C14H18FNO2/c1-9(2)14(6-7-14)8-16-11-5-3-4-10(15)12(11)13(17)18/h3-5,9,16H,6-8H2,1-2H3,(H,17,18). The van der Waals surface area contributed by atoms with Gasteiger partial charge in [0, 0.05) is 6.54 Å². The Kier molecular flexibility index (Phi) is 3.28. The smallest absolute Gasteiger partial charge is 0.340 e. The molecule has 0 saturated heterocycles. The van der Waals surface area contributed by atoms with Gasteiger partial charge in [-0.25, -0.2) is 9.18 Å². The van der Waals surface area contributed by atoms with Crippen molar-refractivity contribution < 1.29 is 14.3 Å². The molecule has 0 spiro atoms. The van der Waals surface area contributed by atoms with Crippen LogP contribution in [0.5, 0.6) is 0 Å². The third-order valence-electron chi connectivity index (χ3n) is 3.98. The van der Waals surface area contributed by atoms with Crippen LogP contribution < -0.4 is 5.32 Å². The molecule has 18 heavy (non-hydrogen) atoms. The van der Waals surface area contributed by atoms with E-state index in [0.717, 1.165) is 12.8 Å². The quantitative estimate of drug-likeness (QED) is 0.843. The number of anilines is 1. The van der Waals surface area contributed by atoms with Crippen LogP contribution in [0.4, 0.5) is 10.1 Å². The van der Waals surface area contributed by atoms with E-state index in [2.05, 4.69) is 19.2 Å². The molecular weight excluding hydrogens is 233 g/mol. The highest BCUT2D eigenvalue weighted by molar-refractivity contribution is 5.94. The lowest BCUT2D eigenvalue weighted by Crippen LogP contribution is -2.22. The number of aromatic carboxylic acids is 1. The summed E-state index contributed by atoms with van der Waals surface area (Å²) in [6, 6.07) is 4.31. The van der Waals surface area contributed by atoms with Crippen molar-refractivity contribution in [1.29, 1.82) is 0 Å². The van der Waals surface area contributed by atoms with Gasteiger partial charge in [0.1, 0.15) is 11.4 Å². The molecule has 0 heterocycles. The average Bonchev–Trinajstić information content (AvgIpc) is 3.06. The van der Waals surface area contributed by atoms with Crippen molar-refractivity contribution in [1.82, 2.24) is 0 Å². The highest BCUT2D eigenvalue weighted by Crippen LogP contribution is 2.51. The van der Waals surface area contributed by atoms with Crippen molar-refractivity contribution in [2.24, 2.45) is 11.3 Å². The minimum atomic E-state index is -1.23. The number of benzene rings is 1. The number of carboxylic acids is 1. The van der Waals surface area contributed by atoms with E-state index >= 15 is 0 Å². The van der Waals surface area contributed by atoms with E-state index in [1.165, 1.54) is 12.1 Å². The Morgan fingerprint density at radius 1 is 1.50 bits per heavy atom. The molecule has 2 rings (SSSR count). The van der Waals surface area contributed by atoms with E-state index in [0.29, 0.717) is 18.2 Å². The van der Waals surface area contributed by atoms with E-state index < -0.39 is 11.8 Å². The Morgan fingerprint density at radius 3 is 2.67 bits per heavy atom. The van der Waals surface area contributed by atoms with Gasteiger partial charge in [-0.3, -0.25) is 0 Å². The van der Waals surface area contributed by atoms with Gasteiger partial charge >= 0.3 is 5.97 Å². The van der Waals surface area contributed by atoms with Gasteiger partial charge in [-0.1, -0.05) is 19.9 Å². The van der Waals surface area contributed by atoms with Crippen LogP contribution >= 0.6 is 0 Å². The van der Waals surface area contributed by atoms with Gasteiger partial charge in [0.25, 0.3) is 0 Å². The molecule has 1 fully saturated rings. The van der Waals surface area contributed by atoms with Gasteiger partial charge in [-0.2, -0.15) is 0 Å². The van der Waals surface area contributed by atoms with Crippen molar-refractivity contribution in [2.45, 2.75) is 26.7 Å². The molecule has 98 valence electrons. The van der Waals surface area contributed by atoms with E-state index in [1.54, 1.807) is 6.07 Å². The summed E-state index contributed by atoms with van der Waals surface area (Å²) in [6.45, 7) is 5.03. The fraction of sp³-hybridized carbons (Fsp3) is 0.500. The molecule has 2 N–H and O–H groups in total. The molecule has 0 aliphatic heterocycles.